The maximum atomic E-state index is 13.5. The van der Waals surface area contributed by atoms with Crippen molar-refractivity contribution in [2.24, 2.45) is 10.9 Å². The molecule has 0 amide bonds. The number of hydrogen-bond donors (Lipinski definition) is 0. The molecule has 0 aliphatic rings. The Morgan fingerprint density at radius 1 is 1.33 bits per heavy atom. The molecule has 1 atom stereocenters. The van der Waals surface area contributed by atoms with Crippen LogP contribution in [0.3, 0.4) is 0 Å². The number of ether oxygens (including phenoxy) is 2. The molecule has 0 saturated carbocycles. The van der Waals surface area contributed by atoms with E-state index < -0.39 is 23.7 Å². The minimum absolute atomic E-state index is 0.0977. The molecule has 5 nitrogen and oxygen atoms in total. The minimum Gasteiger partial charge on any atom is -0.468 e. The van der Waals surface area contributed by atoms with Crippen molar-refractivity contribution in [3.63, 3.8) is 0 Å². The predicted octanol–water partition coefficient (Wildman–Crippen LogP) is 2.70. The summed E-state index contributed by atoms with van der Waals surface area (Å²) in [5, 5.41) is 0.104. The molecule has 0 aromatic heterocycles. The standard InChI is InChI=1S/C14H13ClFNO4/c1-20-12(18)7-6-9(14(19)21-2)8-17-13-10(15)4-3-5-11(13)16/h3-9H,1-2H3. The second kappa shape index (κ2) is 8.16. The summed E-state index contributed by atoms with van der Waals surface area (Å²) in [5.41, 5.74) is -0.0977. The van der Waals surface area contributed by atoms with Crippen molar-refractivity contribution in [2.75, 3.05) is 14.2 Å². The Balaban J connectivity index is 3.01. The molecule has 0 saturated heterocycles. The molecular weight excluding hydrogens is 301 g/mol. The molecule has 1 rings (SSSR count). The number of para-hydroxylation sites is 1. The maximum absolute atomic E-state index is 13.5. The predicted molar refractivity (Wildman–Crippen MR) is 76.2 cm³/mol. The lowest BCUT2D eigenvalue weighted by Crippen LogP contribution is -2.15. The molecule has 0 spiro atoms. The van der Waals surface area contributed by atoms with E-state index in [1.165, 1.54) is 38.5 Å². The average molecular weight is 314 g/mol. The average Bonchev–Trinajstić information content (AvgIpc) is 2.48. The molecule has 0 N–H and O–H groups in total. The van der Waals surface area contributed by atoms with Crippen LogP contribution in [0.2, 0.25) is 5.02 Å². The van der Waals surface area contributed by atoms with Crippen molar-refractivity contribution >= 4 is 35.4 Å². The number of carbonyl (C=O) groups is 2. The van der Waals surface area contributed by atoms with Crippen molar-refractivity contribution in [3.05, 3.63) is 41.2 Å². The highest BCUT2D eigenvalue weighted by Crippen LogP contribution is 2.27. The van der Waals surface area contributed by atoms with Crippen LogP contribution in [0.1, 0.15) is 0 Å². The third-order valence-electron chi connectivity index (χ3n) is 2.42. The van der Waals surface area contributed by atoms with Gasteiger partial charge in [0.05, 0.1) is 19.2 Å². The number of benzene rings is 1. The summed E-state index contributed by atoms with van der Waals surface area (Å²) >= 11 is 5.81. The summed E-state index contributed by atoms with van der Waals surface area (Å²) in [5.74, 6) is -2.89. The smallest absolute Gasteiger partial charge is 0.330 e. The van der Waals surface area contributed by atoms with Crippen molar-refractivity contribution < 1.29 is 23.5 Å². The lowest BCUT2D eigenvalue weighted by atomic mass is 10.1. The zero-order valence-corrected chi connectivity index (χ0v) is 12.1. The summed E-state index contributed by atoms with van der Waals surface area (Å²) in [6.45, 7) is 0. The van der Waals surface area contributed by atoms with Crippen LogP contribution < -0.4 is 0 Å². The summed E-state index contributed by atoms with van der Waals surface area (Å²) in [6.07, 6.45) is 3.42. The molecule has 0 aliphatic heterocycles. The van der Waals surface area contributed by atoms with Gasteiger partial charge in [-0.3, -0.25) is 9.79 Å². The fraction of sp³-hybridized carbons (Fsp3) is 0.214. The largest absolute Gasteiger partial charge is 0.468 e. The van der Waals surface area contributed by atoms with E-state index in [0.29, 0.717) is 0 Å². The second-order valence-corrected chi connectivity index (χ2v) is 4.19. The molecule has 0 radical (unpaired) electrons. The lowest BCUT2D eigenvalue weighted by Gasteiger charge is -2.05. The van der Waals surface area contributed by atoms with Crippen LogP contribution in [0.4, 0.5) is 10.1 Å². The molecular formula is C14H13ClFNO4. The van der Waals surface area contributed by atoms with Gasteiger partial charge in [0.15, 0.2) is 0 Å². The van der Waals surface area contributed by atoms with E-state index in [2.05, 4.69) is 14.5 Å². The third kappa shape index (κ3) is 5.00. The molecule has 0 heterocycles. The molecule has 7 heteroatoms. The number of aliphatic imine (C=N–C) groups is 1. The van der Waals surface area contributed by atoms with Gasteiger partial charge in [-0.1, -0.05) is 23.7 Å². The first kappa shape index (κ1) is 16.8. The first-order valence-corrected chi connectivity index (χ1v) is 6.19. The van der Waals surface area contributed by atoms with Gasteiger partial charge in [-0.15, -0.1) is 0 Å². The van der Waals surface area contributed by atoms with E-state index in [1.54, 1.807) is 0 Å². The topological polar surface area (TPSA) is 65.0 Å². The molecule has 1 aromatic rings. The SMILES string of the molecule is COC(=O)C=CC(C=Nc1c(F)cccc1Cl)C(=O)OC. The van der Waals surface area contributed by atoms with Crippen LogP contribution in [0.25, 0.3) is 0 Å². The zero-order chi connectivity index (χ0) is 15.8. The van der Waals surface area contributed by atoms with Crippen LogP contribution in [0, 0.1) is 11.7 Å². The number of rotatable bonds is 5. The van der Waals surface area contributed by atoms with Gasteiger partial charge in [-0.05, 0) is 12.1 Å². The van der Waals surface area contributed by atoms with Gasteiger partial charge < -0.3 is 9.47 Å². The fourth-order valence-electron chi connectivity index (χ4n) is 1.34. The molecule has 1 unspecified atom stereocenters. The van der Waals surface area contributed by atoms with Crippen LogP contribution in [-0.4, -0.2) is 32.4 Å². The Kier molecular flexibility index (Phi) is 6.55. The fourth-order valence-corrected chi connectivity index (χ4v) is 1.55. The molecule has 0 bridgehead atoms. The number of halogens is 2. The van der Waals surface area contributed by atoms with Crippen molar-refractivity contribution in [1.82, 2.24) is 0 Å². The zero-order valence-electron chi connectivity index (χ0n) is 11.4. The highest BCUT2D eigenvalue weighted by Gasteiger charge is 2.15. The molecule has 21 heavy (non-hydrogen) atoms. The molecule has 0 aliphatic carbocycles. The van der Waals surface area contributed by atoms with E-state index >= 15 is 0 Å². The van der Waals surface area contributed by atoms with E-state index in [0.717, 1.165) is 12.3 Å². The normalized spacial score (nSPS) is 12.6. The van der Waals surface area contributed by atoms with Gasteiger partial charge in [0.25, 0.3) is 0 Å². The molecule has 112 valence electrons. The first-order valence-electron chi connectivity index (χ1n) is 5.81. The van der Waals surface area contributed by atoms with E-state index in [1.807, 2.05) is 0 Å². The van der Waals surface area contributed by atoms with Gasteiger partial charge in [-0.2, -0.15) is 0 Å². The van der Waals surface area contributed by atoms with Crippen molar-refractivity contribution in [1.29, 1.82) is 0 Å². The van der Waals surface area contributed by atoms with E-state index in [-0.39, 0.29) is 10.7 Å². The summed E-state index contributed by atoms with van der Waals surface area (Å²) < 4.78 is 22.5. The molecule has 0 fully saturated rings. The second-order valence-electron chi connectivity index (χ2n) is 3.78. The number of esters is 2. The molecule has 1 aromatic carbocycles. The van der Waals surface area contributed by atoms with Gasteiger partial charge in [0, 0.05) is 12.3 Å². The number of carbonyl (C=O) groups excluding carboxylic acids is 2. The third-order valence-corrected chi connectivity index (χ3v) is 2.72. The van der Waals surface area contributed by atoms with Crippen LogP contribution in [-0.2, 0) is 19.1 Å². The highest BCUT2D eigenvalue weighted by molar-refractivity contribution is 6.33. The van der Waals surface area contributed by atoms with Gasteiger partial charge in [0.1, 0.15) is 17.4 Å². The first-order chi connectivity index (χ1) is 9.99. The monoisotopic (exact) mass is 313 g/mol. The number of methoxy groups -OCH3 is 2. The lowest BCUT2D eigenvalue weighted by molar-refractivity contribution is -0.141. The van der Waals surface area contributed by atoms with Crippen LogP contribution in [0.5, 0.6) is 0 Å². The number of nitrogens with zero attached hydrogens (tertiary/aromatic N) is 1. The van der Waals surface area contributed by atoms with Gasteiger partial charge in [0.2, 0.25) is 0 Å². The quantitative estimate of drug-likeness (QED) is 0.476. The summed E-state index contributed by atoms with van der Waals surface area (Å²) in [6, 6.07) is 4.09. The van der Waals surface area contributed by atoms with E-state index in [9.17, 15) is 14.0 Å². The van der Waals surface area contributed by atoms with Crippen LogP contribution >= 0.6 is 11.6 Å². The Labute approximate surface area is 126 Å². The Morgan fingerprint density at radius 3 is 2.62 bits per heavy atom. The van der Waals surface area contributed by atoms with Gasteiger partial charge in [-0.25, -0.2) is 9.18 Å². The summed E-state index contributed by atoms with van der Waals surface area (Å²) in [4.78, 5) is 26.4. The number of hydrogen-bond acceptors (Lipinski definition) is 5. The minimum atomic E-state index is -0.968. The van der Waals surface area contributed by atoms with Crippen molar-refractivity contribution in [2.45, 2.75) is 0 Å². The van der Waals surface area contributed by atoms with E-state index in [4.69, 9.17) is 11.6 Å². The summed E-state index contributed by atoms with van der Waals surface area (Å²) in [7, 11) is 2.39. The Bertz CT molecular complexity index is 566. The highest BCUT2D eigenvalue weighted by atomic mass is 35.5. The Morgan fingerprint density at radius 2 is 2.05 bits per heavy atom. The van der Waals surface area contributed by atoms with Crippen molar-refractivity contribution in [3.8, 4) is 0 Å². The van der Waals surface area contributed by atoms with Crippen LogP contribution in [0.15, 0.2) is 35.3 Å². The Hall–Kier alpha value is -2.21. The maximum Gasteiger partial charge on any atom is 0.330 e. The van der Waals surface area contributed by atoms with Gasteiger partial charge >= 0.3 is 11.9 Å².